The SMILES string of the molecule is CCOC(=O)C1=C(CN2CC(F)(F)C3C(=O)N(COC(=O)C4CC4)CC32)NC(c2nccs2)=N[C@H]1c1cccc(F)c1C. The molecule has 3 fully saturated rings. The third kappa shape index (κ3) is 5.53. The normalized spacial score (nSPS) is 25.0. The number of benzene rings is 1. The number of nitrogens with zero attached hydrogens (tertiary/aromatic N) is 4. The van der Waals surface area contributed by atoms with Crippen LogP contribution in [0, 0.1) is 24.6 Å². The van der Waals surface area contributed by atoms with E-state index < -0.39 is 54.1 Å². The van der Waals surface area contributed by atoms with Crippen molar-refractivity contribution >= 4 is 35.0 Å². The van der Waals surface area contributed by atoms with Crippen LogP contribution in [0.1, 0.15) is 41.9 Å². The second-order valence-corrected chi connectivity index (χ2v) is 11.9. The van der Waals surface area contributed by atoms with E-state index in [4.69, 9.17) is 14.5 Å². The van der Waals surface area contributed by atoms with E-state index in [1.807, 2.05) is 0 Å². The lowest BCUT2D eigenvalue weighted by molar-refractivity contribution is -0.155. The van der Waals surface area contributed by atoms with E-state index in [2.05, 4.69) is 10.3 Å². The number of amides is 1. The number of esters is 2. The van der Waals surface area contributed by atoms with Crippen LogP contribution in [0.25, 0.3) is 0 Å². The number of ether oxygens (including phenoxy) is 2. The summed E-state index contributed by atoms with van der Waals surface area (Å²) in [6.07, 6.45) is 3.02. The molecule has 1 aliphatic carbocycles. The highest BCUT2D eigenvalue weighted by Gasteiger charge is 2.63. The highest BCUT2D eigenvalue weighted by Crippen LogP contribution is 2.44. The van der Waals surface area contributed by atoms with E-state index in [0.29, 0.717) is 16.4 Å². The summed E-state index contributed by atoms with van der Waals surface area (Å²) >= 11 is 1.28. The van der Waals surface area contributed by atoms with Crippen molar-refractivity contribution in [3.05, 3.63) is 63.0 Å². The van der Waals surface area contributed by atoms with Gasteiger partial charge in [0.05, 0.1) is 24.6 Å². The van der Waals surface area contributed by atoms with Crippen LogP contribution in [0.4, 0.5) is 13.2 Å². The van der Waals surface area contributed by atoms with Crippen LogP contribution in [-0.4, -0.2) is 83.4 Å². The molecule has 2 saturated heterocycles. The first-order chi connectivity index (χ1) is 20.6. The van der Waals surface area contributed by atoms with Gasteiger partial charge in [-0.05, 0) is 43.9 Å². The molecule has 0 bridgehead atoms. The molecule has 43 heavy (non-hydrogen) atoms. The standard InChI is InChI=1S/C29H30F3N5O5S/c1-3-41-28(40)21-19(34-24(25-33-9-10-43-25)35-23(21)17-5-4-6-18(30)15(17)2)11-36-13-29(31,32)22-20(36)12-37(26(22)38)14-42-27(39)16-7-8-16/h4-6,9-10,16,20,22-23H,3,7-8,11-14H2,1-2H3,(H,34,35)/t20?,22?,23-/m0/s1. The van der Waals surface area contributed by atoms with Crippen molar-refractivity contribution in [1.82, 2.24) is 20.1 Å². The summed E-state index contributed by atoms with van der Waals surface area (Å²) in [4.78, 5) is 50.2. The molecule has 1 aromatic heterocycles. The number of aromatic nitrogens is 1. The summed E-state index contributed by atoms with van der Waals surface area (Å²) < 4.78 is 56.1. The Kier molecular flexibility index (Phi) is 7.75. The van der Waals surface area contributed by atoms with Gasteiger partial charge in [0.25, 0.3) is 5.92 Å². The Morgan fingerprint density at radius 1 is 1.23 bits per heavy atom. The average molecular weight is 618 g/mol. The van der Waals surface area contributed by atoms with Crippen LogP contribution >= 0.6 is 11.3 Å². The van der Waals surface area contributed by atoms with Gasteiger partial charge in [-0.2, -0.15) is 0 Å². The largest absolute Gasteiger partial charge is 0.463 e. The molecular formula is C29H30F3N5O5S. The smallest absolute Gasteiger partial charge is 0.338 e. The van der Waals surface area contributed by atoms with Gasteiger partial charge in [-0.1, -0.05) is 12.1 Å². The molecule has 0 radical (unpaired) electrons. The number of amidine groups is 1. The molecule has 14 heteroatoms. The molecule has 0 spiro atoms. The molecule has 1 amide bonds. The molecule has 4 heterocycles. The Bertz CT molecular complexity index is 1510. The number of thiazole rings is 1. The van der Waals surface area contributed by atoms with Crippen molar-refractivity contribution in [1.29, 1.82) is 0 Å². The summed E-state index contributed by atoms with van der Waals surface area (Å²) in [5.74, 6) is -7.31. The van der Waals surface area contributed by atoms with Gasteiger partial charge in [0.15, 0.2) is 17.6 Å². The topological polar surface area (TPSA) is 113 Å². The lowest BCUT2D eigenvalue weighted by atomic mass is 9.92. The number of hydrogen-bond donors (Lipinski definition) is 1. The zero-order valence-electron chi connectivity index (χ0n) is 23.5. The average Bonchev–Trinajstić information content (AvgIpc) is 3.46. The molecule has 2 aromatic rings. The van der Waals surface area contributed by atoms with Crippen LogP contribution in [0.3, 0.4) is 0 Å². The zero-order valence-corrected chi connectivity index (χ0v) is 24.3. The van der Waals surface area contributed by atoms with Crippen molar-refractivity contribution in [2.24, 2.45) is 16.8 Å². The van der Waals surface area contributed by atoms with Gasteiger partial charge in [-0.25, -0.2) is 22.9 Å². The van der Waals surface area contributed by atoms with Crippen molar-refractivity contribution < 1.29 is 37.0 Å². The van der Waals surface area contributed by atoms with Gasteiger partial charge in [-0.15, -0.1) is 11.3 Å². The van der Waals surface area contributed by atoms with Gasteiger partial charge in [0, 0.05) is 36.4 Å². The molecule has 3 atom stereocenters. The fourth-order valence-corrected chi connectivity index (χ4v) is 6.48. The second kappa shape index (κ2) is 11.4. The Balaban J connectivity index is 1.35. The van der Waals surface area contributed by atoms with Crippen LogP contribution < -0.4 is 5.32 Å². The van der Waals surface area contributed by atoms with E-state index >= 15 is 8.78 Å². The first-order valence-electron chi connectivity index (χ1n) is 14.1. The Hall–Kier alpha value is -3.78. The number of hydrogen-bond acceptors (Lipinski definition) is 10. The highest BCUT2D eigenvalue weighted by atomic mass is 32.1. The molecule has 3 aliphatic heterocycles. The van der Waals surface area contributed by atoms with Gasteiger partial charge < -0.3 is 19.7 Å². The Morgan fingerprint density at radius 2 is 2.02 bits per heavy atom. The van der Waals surface area contributed by atoms with E-state index in [1.54, 1.807) is 31.5 Å². The summed E-state index contributed by atoms with van der Waals surface area (Å²) in [5.41, 5.74) is 1.00. The summed E-state index contributed by atoms with van der Waals surface area (Å²) in [6.45, 7) is 1.90. The number of likely N-dealkylation sites (tertiary alicyclic amines) is 2. The summed E-state index contributed by atoms with van der Waals surface area (Å²) in [6, 6.07) is 2.56. The Labute approximate surface area is 249 Å². The molecule has 228 valence electrons. The van der Waals surface area contributed by atoms with E-state index in [1.165, 1.54) is 28.4 Å². The van der Waals surface area contributed by atoms with Crippen molar-refractivity contribution in [2.45, 2.75) is 44.7 Å². The van der Waals surface area contributed by atoms with E-state index in [-0.39, 0.29) is 49.2 Å². The van der Waals surface area contributed by atoms with Crippen molar-refractivity contribution in [3.8, 4) is 0 Å². The number of carbonyl (C=O) groups excluding carboxylic acids is 3. The highest BCUT2D eigenvalue weighted by molar-refractivity contribution is 7.11. The fourth-order valence-electron chi connectivity index (χ4n) is 5.89. The molecule has 1 N–H and O–H groups in total. The maximum atomic E-state index is 15.4. The minimum absolute atomic E-state index is 0.0447. The number of aliphatic imine (C=N–C) groups is 1. The van der Waals surface area contributed by atoms with Crippen LogP contribution in [0.15, 0.2) is 46.0 Å². The maximum Gasteiger partial charge on any atom is 0.338 e. The van der Waals surface area contributed by atoms with Crippen LogP contribution in [0.5, 0.6) is 0 Å². The third-order valence-corrected chi connectivity index (χ3v) is 8.98. The van der Waals surface area contributed by atoms with Crippen molar-refractivity contribution in [3.63, 3.8) is 0 Å². The monoisotopic (exact) mass is 617 g/mol. The summed E-state index contributed by atoms with van der Waals surface area (Å²) in [5, 5.41) is 5.36. The predicted octanol–water partition coefficient (Wildman–Crippen LogP) is 3.19. The molecule has 2 unspecified atom stereocenters. The van der Waals surface area contributed by atoms with Gasteiger partial charge >= 0.3 is 11.9 Å². The molecular weight excluding hydrogens is 587 g/mol. The lowest BCUT2D eigenvalue weighted by Crippen LogP contribution is -2.43. The molecule has 1 aromatic carbocycles. The number of rotatable bonds is 9. The Morgan fingerprint density at radius 3 is 2.72 bits per heavy atom. The molecule has 4 aliphatic rings. The zero-order chi connectivity index (χ0) is 30.5. The number of carbonyl (C=O) groups is 3. The first kappa shape index (κ1) is 29.3. The fraction of sp³-hybridized carbons (Fsp3) is 0.483. The number of fused-ring (bicyclic) bond motifs is 1. The third-order valence-electron chi connectivity index (χ3n) is 8.20. The van der Waals surface area contributed by atoms with Crippen LogP contribution in [0.2, 0.25) is 0 Å². The number of alkyl halides is 2. The summed E-state index contributed by atoms with van der Waals surface area (Å²) in [7, 11) is 0. The van der Waals surface area contributed by atoms with Gasteiger partial charge in [0.1, 0.15) is 17.8 Å². The van der Waals surface area contributed by atoms with Crippen molar-refractivity contribution in [2.75, 3.05) is 33.0 Å². The van der Waals surface area contributed by atoms with E-state index in [0.717, 1.165) is 17.7 Å². The van der Waals surface area contributed by atoms with E-state index in [9.17, 15) is 18.8 Å². The quantitative estimate of drug-likeness (QED) is 0.427. The minimum Gasteiger partial charge on any atom is -0.463 e. The van der Waals surface area contributed by atoms with Gasteiger partial charge in [-0.3, -0.25) is 19.5 Å². The predicted molar refractivity (Wildman–Crippen MR) is 149 cm³/mol. The maximum absolute atomic E-state index is 15.4. The first-order valence-corrected chi connectivity index (χ1v) is 14.9. The van der Waals surface area contributed by atoms with Crippen LogP contribution in [-0.2, 0) is 23.9 Å². The molecule has 6 rings (SSSR count). The number of halogens is 3. The molecule has 10 nitrogen and oxygen atoms in total. The minimum atomic E-state index is -3.36. The molecule has 1 saturated carbocycles. The number of nitrogens with one attached hydrogen (secondary N) is 1. The lowest BCUT2D eigenvalue weighted by Gasteiger charge is -2.31. The van der Waals surface area contributed by atoms with Gasteiger partial charge in [0.2, 0.25) is 5.91 Å². The second-order valence-electron chi connectivity index (χ2n) is 11.0.